The summed E-state index contributed by atoms with van der Waals surface area (Å²) < 4.78 is 0. The third-order valence-electron chi connectivity index (χ3n) is 2.11. The average molecular weight is 267 g/mol. The zero-order valence-corrected chi connectivity index (χ0v) is 11.0. The molecule has 0 aromatic heterocycles. The molecule has 1 unspecified atom stereocenters. The molecule has 0 N–H and O–H groups in total. The molecule has 0 aliphatic carbocycles. The van der Waals surface area contributed by atoms with Crippen LogP contribution >= 0.6 is 0 Å². The monoisotopic (exact) mass is 267 g/mol. The van der Waals surface area contributed by atoms with Gasteiger partial charge in [0.15, 0.2) is 0 Å². The fourth-order valence-electron chi connectivity index (χ4n) is 1.09. The fourth-order valence-corrected chi connectivity index (χ4v) is 1.09. The molecule has 4 heteroatoms. The summed E-state index contributed by atoms with van der Waals surface area (Å²) in [4.78, 5) is 9.95. The second-order valence-electron chi connectivity index (χ2n) is 3.04. The standard InChI is InChI=1S/C10H12NO2.Y/c1-3-8(2)9-4-6-10(7-5-9)11(12)13;/h4-8H,1,3H2,2H3;/q-1;. The topological polar surface area (TPSA) is 43.1 Å². The average Bonchev–Trinajstić information content (AvgIpc) is 2.17. The van der Waals surface area contributed by atoms with Crippen LogP contribution in [0.5, 0.6) is 0 Å². The van der Waals surface area contributed by atoms with Crippen molar-refractivity contribution in [1.82, 2.24) is 0 Å². The summed E-state index contributed by atoms with van der Waals surface area (Å²) in [7, 11) is 0. The Labute approximate surface area is 109 Å². The third kappa shape index (κ3) is 3.47. The summed E-state index contributed by atoms with van der Waals surface area (Å²) in [6.45, 7) is 5.84. The third-order valence-corrected chi connectivity index (χ3v) is 2.11. The molecule has 1 aromatic rings. The van der Waals surface area contributed by atoms with E-state index in [9.17, 15) is 10.1 Å². The van der Waals surface area contributed by atoms with Gasteiger partial charge in [0.1, 0.15) is 0 Å². The van der Waals surface area contributed by atoms with Crippen LogP contribution in [0, 0.1) is 17.0 Å². The number of rotatable bonds is 3. The summed E-state index contributed by atoms with van der Waals surface area (Å²) in [5, 5.41) is 10.3. The Kier molecular flexibility index (Phi) is 6.13. The molecule has 0 amide bonds. The molecule has 0 saturated carbocycles. The van der Waals surface area contributed by atoms with Crippen molar-refractivity contribution in [3.63, 3.8) is 0 Å². The van der Waals surface area contributed by atoms with Crippen LogP contribution in [0.3, 0.4) is 0 Å². The maximum Gasteiger partial charge on any atom is 0.269 e. The quantitative estimate of drug-likeness (QED) is 0.480. The Balaban J connectivity index is 0.00000169. The fraction of sp³-hybridized carbons (Fsp3) is 0.300. The van der Waals surface area contributed by atoms with Crippen molar-refractivity contribution in [2.45, 2.75) is 19.3 Å². The van der Waals surface area contributed by atoms with E-state index in [2.05, 4.69) is 6.92 Å². The first kappa shape index (κ1) is 13.7. The Morgan fingerprint density at radius 3 is 2.29 bits per heavy atom. The zero-order chi connectivity index (χ0) is 9.84. The Bertz CT molecular complexity index is 297. The summed E-state index contributed by atoms with van der Waals surface area (Å²) in [5.41, 5.74) is 1.24. The summed E-state index contributed by atoms with van der Waals surface area (Å²) in [6, 6.07) is 6.63. The molecule has 1 rings (SSSR count). The van der Waals surface area contributed by atoms with Crippen LogP contribution in [0.25, 0.3) is 0 Å². The van der Waals surface area contributed by atoms with Gasteiger partial charge in [-0.3, -0.25) is 10.1 Å². The summed E-state index contributed by atoms with van der Waals surface area (Å²) in [5.74, 6) is 0.362. The van der Waals surface area contributed by atoms with E-state index in [0.717, 1.165) is 12.0 Å². The number of nitro benzene ring substituents is 1. The molecule has 1 radical (unpaired) electrons. The largest absolute Gasteiger partial charge is 0.343 e. The molecule has 3 nitrogen and oxygen atoms in total. The molecule has 0 heterocycles. The van der Waals surface area contributed by atoms with Gasteiger partial charge in [-0.2, -0.15) is 6.42 Å². The van der Waals surface area contributed by atoms with E-state index in [-0.39, 0.29) is 38.4 Å². The van der Waals surface area contributed by atoms with Crippen molar-refractivity contribution in [1.29, 1.82) is 0 Å². The van der Waals surface area contributed by atoms with Crippen molar-refractivity contribution < 1.29 is 37.6 Å². The van der Waals surface area contributed by atoms with Crippen LogP contribution in [-0.2, 0) is 32.7 Å². The van der Waals surface area contributed by atoms with Crippen LogP contribution in [0.4, 0.5) is 5.69 Å². The van der Waals surface area contributed by atoms with Crippen molar-refractivity contribution in [2.75, 3.05) is 0 Å². The van der Waals surface area contributed by atoms with Crippen molar-refractivity contribution in [3.8, 4) is 0 Å². The van der Waals surface area contributed by atoms with Gasteiger partial charge in [-0.15, -0.1) is 0 Å². The number of hydrogen-bond donors (Lipinski definition) is 0. The second-order valence-corrected chi connectivity index (χ2v) is 3.04. The molecule has 0 aliphatic rings. The number of nitrogens with zero attached hydrogens (tertiary/aromatic N) is 1. The first-order valence-electron chi connectivity index (χ1n) is 4.18. The predicted octanol–water partition coefficient (Wildman–Crippen LogP) is 2.92. The van der Waals surface area contributed by atoms with Crippen LogP contribution < -0.4 is 0 Å². The minimum absolute atomic E-state index is 0. The molecule has 14 heavy (non-hydrogen) atoms. The Morgan fingerprint density at radius 1 is 1.43 bits per heavy atom. The van der Waals surface area contributed by atoms with E-state index >= 15 is 0 Å². The van der Waals surface area contributed by atoms with Gasteiger partial charge in [0.25, 0.3) is 5.69 Å². The molecule has 0 aliphatic heterocycles. The van der Waals surface area contributed by atoms with Crippen LogP contribution in [-0.4, -0.2) is 4.92 Å². The van der Waals surface area contributed by atoms with E-state index < -0.39 is 4.92 Å². The van der Waals surface area contributed by atoms with E-state index in [4.69, 9.17) is 0 Å². The number of non-ortho nitro benzene ring substituents is 1. The van der Waals surface area contributed by atoms with Gasteiger partial charge < -0.3 is 6.92 Å². The number of benzene rings is 1. The van der Waals surface area contributed by atoms with Crippen LogP contribution in [0.1, 0.15) is 24.8 Å². The first-order chi connectivity index (χ1) is 6.15. The normalized spacial score (nSPS) is 11.6. The molecular weight excluding hydrogens is 255 g/mol. The number of nitro groups is 1. The van der Waals surface area contributed by atoms with Gasteiger partial charge in [0, 0.05) is 44.8 Å². The van der Waals surface area contributed by atoms with Crippen LogP contribution in [0.2, 0.25) is 0 Å². The minimum Gasteiger partial charge on any atom is -0.343 e. The predicted molar refractivity (Wildman–Crippen MR) is 51.5 cm³/mol. The Morgan fingerprint density at radius 2 is 1.93 bits per heavy atom. The minimum atomic E-state index is -0.390. The van der Waals surface area contributed by atoms with Gasteiger partial charge in [-0.25, -0.2) is 0 Å². The van der Waals surface area contributed by atoms with Crippen LogP contribution in [0.15, 0.2) is 24.3 Å². The maximum atomic E-state index is 10.3. The summed E-state index contributed by atoms with van der Waals surface area (Å²) >= 11 is 0. The van der Waals surface area contributed by atoms with Gasteiger partial charge in [0.05, 0.1) is 4.92 Å². The Hall–Kier alpha value is -0.276. The van der Waals surface area contributed by atoms with E-state index in [0.29, 0.717) is 5.92 Å². The molecule has 73 valence electrons. The molecule has 1 atom stereocenters. The summed E-state index contributed by atoms with van der Waals surface area (Å²) in [6.07, 6.45) is 0.803. The molecule has 0 bridgehead atoms. The van der Waals surface area contributed by atoms with Gasteiger partial charge >= 0.3 is 0 Å². The van der Waals surface area contributed by atoms with Gasteiger partial charge in [0.2, 0.25) is 0 Å². The smallest absolute Gasteiger partial charge is 0.269 e. The van der Waals surface area contributed by atoms with E-state index in [1.165, 1.54) is 12.1 Å². The van der Waals surface area contributed by atoms with Gasteiger partial charge in [-0.05, 0) is 11.5 Å². The molecule has 0 saturated heterocycles. The van der Waals surface area contributed by atoms with Crippen molar-refractivity contribution in [3.05, 3.63) is 46.9 Å². The molecule has 0 spiro atoms. The van der Waals surface area contributed by atoms with Gasteiger partial charge in [-0.1, -0.05) is 19.1 Å². The number of hydrogen-bond acceptors (Lipinski definition) is 2. The maximum absolute atomic E-state index is 10.3. The molecule has 0 fully saturated rings. The van der Waals surface area contributed by atoms with E-state index in [1.54, 1.807) is 12.1 Å². The zero-order valence-electron chi connectivity index (χ0n) is 8.14. The van der Waals surface area contributed by atoms with E-state index in [1.807, 2.05) is 6.92 Å². The van der Waals surface area contributed by atoms with Crippen molar-refractivity contribution in [2.24, 2.45) is 0 Å². The van der Waals surface area contributed by atoms with Crippen molar-refractivity contribution >= 4 is 5.69 Å². The molecule has 1 aromatic carbocycles. The molecular formula is C10H12NO2Y-. The first-order valence-corrected chi connectivity index (χ1v) is 4.18. The SMILES string of the molecule is [CH2-]CC(C)c1ccc([N+](=O)[O-])cc1.[Y]. The second kappa shape index (κ2) is 6.25.